The van der Waals surface area contributed by atoms with Gasteiger partial charge in [-0.25, -0.2) is 4.98 Å². The Balaban J connectivity index is 2.27. The van der Waals surface area contributed by atoms with E-state index in [4.69, 9.17) is 11.0 Å². The molecule has 1 aromatic carbocycles. The molecule has 0 amide bonds. The second-order valence-electron chi connectivity index (χ2n) is 3.26. The smallest absolute Gasteiger partial charge is 0.153 e. The molecule has 0 aliphatic carbocycles. The molecule has 16 heavy (non-hydrogen) atoms. The number of nitriles is 1. The van der Waals surface area contributed by atoms with E-state index in [2.05, 4.69) is 10.3 Å². The standard InChI is InChI=1S/C12H10N4/c13-7-9-6-11(14)12(15-8-9)16-10-4-2-1-3-5-10/h1-6,8H,14H2,(H,15,16). The van der Waals surface area contributed by atoms with Gasteiger partial charge < -0.3 is 11.1 Å². The predicted octanol–water partition coefficient (Wildman–Crippen LogP) is 2.28. The van der Waals surface area contributed by atoms with Crippen LogP contribution in [0.5, 0.6) is 0 Å². The molecular formula is C12H10N4. The van der Waals surface area contributed by atoms with E-state index in [0.29, 0.717) is 17.1 Å². The highest BCUT2D eigenvalue weighted by atomic mass is 15.0. The summed E-state index contributed by atoms with van der Waals surface area (Å²) in [4.78, 5) is 4.09. The summed E-state index contributed by atoms with van der Waals surface area (Å²) in [7, 11) is 0. The van der Waals surface area contributed by atoms with Crippen LogP contribution in [-0.2, 0) is 0 Å². The van der Waals surface area contributed by atoms with E-state index in [0.717, 1.165) is 5.69 Å². The fourth-order valence-electron chi connectivity index (χ4n) is 1.31. The third-order valence-electron chi connectivity index (χ3n) is 2.08. The Morgan fingerprint density at radius 2 is 2.00 bits per heavy atom. The molecule has 0 spiro atoms. The average molecular weight is 210 g/mol. The average Bonchev–Trinajstić information content (AvgIpc) is 2.33. The van der Waals surface area contributed by atoms with Crippen molar-refractivity contribution in [3.05, 3.63) is 48.2 Å². The zero-order valence-electron chi connectivity index (χ0n) is 8.51. The molecule has 0 saturated heterocycles. The maximum absolute atomic E-state index is 8.68. The number of hydrogen-bond acceptors (Lipinski definition) is 4. The van der Waals surface area contributed by atoms with Crippen LogP contribution in [-0.4, -0.2) is 4.98 Å². The minimum atomic E-state index is 0.455. The fraction of sp³-hybridized carbons (Fsp3) is 0. The van der Waals surface area contributed by atoms with Crippen molar-refractivity contribution in [3.8, 4) is 6.07 Å². The molecule has 78 valence electrons. The van der Waals surface area contributed by atoms with Crippen LogP contribution in [0.2, 0.25) is 0 Å². The number of benzene rings is 1. The summed E-state index contributed by atoms with van der Waals surface area (Å²) in [6.45, 7) is 0. The number of nitrogens with one attached hydrogen (secondary N) is 1. The maximum Gasteiger partial charge on any atom is 0.153 e. The topological polar surface area (TPSA) is 74.7 Å². The lowest BCUT2D eigenvalue weighted by Gasteiger charge is -2.07. The zero-order chi connectivity index (χ0) is 11.4. The second-order valence-corrected chi connectivity index (χ2v) is 3.26. The Bertz CT molecular complexity index is 528. The lowest BCUT2D eigenvalue weighted by Crippen LogP contribution is -1.99. The number of hydrogen-bond donors (Lipinski definition) is 2. The Morgan fingerprint density at radius 1 is 1.25 bits per heavy atom. The molecule has 0 fully saturated rings. The molecule has 0 aliphatic heterocycles. The van der Waals surface area contributed by atoms with Gasteiger partial charge in [-0.3, -0.25) is 0 Å². The Morgan fingerprint density at radius 3 is 2.62 bits per heavy atom. The summed E-state index contributed by atoms with van der Waals surface area (Å²) in [5, 5.41) is 11.8. The van der Waals surface area contributed by atoms with Crippen LogP contribution in [0.3, 0.4) is 0 Å². The van der Waals surface area contributed by atoms with Crippen molar-refractivity contribution < 1.29 is 0 Å². The van der Waals surface area contributed by atoms with Gasteiger partial charge in [0.05, 0.1) is 11.3 Å². The molecule has 1 heterocycles. The van der Waals surface area contributed by atoms with Gasteiger partial charge in [0, 0.05) is 11.9 Å². The van der Waals surface area contributed by atoms with E-state index in [9.17, 15) is 0 Å². The van der Waals surface area contributed by atoms with Crippen LogP contribution in [0.4, 0.5) is 17.2 Å². The minimum Gasteiger partial charge on any atom is -0.396 e. The van der Waals surface area contributed by atoms with Crippen molar-refractivity contribution in [3.63, 3.8) is 0 Å². The Labute approximate surface area is 93.4 Å². The number of aromatic nitrogens is 1. The van der Waals surface area contributed by atoms with Gasteiger partial charge in [0.25, 0.3) is 0 Å². The van der Waals surface area contributed by atoms with E-state index >= 15 is 0 Å². The van der Waals surface area contributed by atoms with Crippen LogP contribution < -0.4 is 11.1 Å². The molecule has 2 aromatic rings. The van der Waals surface area contributed by atoms with Crippen LogP contribution >= 0.6 is 0 Å². The van der Waals surface area contributed by atoms with Crippen molar-refractivity contribution in [2.75, 3.05) is 11.1 Å². The molecule has 0 radical (unpaired) electrons. The van der Waals surface area contributed by atoms with Gasteiger partial charge in [-0.05, 0) is 18.2 Å². The fourth-order valence-corrected chi connectivity index (χ4v) is 1.31. The third kappa shape index (κ3) is 2.10. The molecule has 0 unspecified atom stereocenters. The maximum atomic E-state index is 8.68. The first-order valence-electron chi connectivity index (χ1n) is 4.77. The molecule has 4 heteroatoms. The molecular weight excluding hydrogens is 200 g/mol. The van der Waals surface area contributed by atoms with Crippen LogP contribution in [0.1, 0.15) is 5.56 Å². The van der Waals surface area contributed by atoms with E-state index in [-0.39, 0.29) is 0 Å². The number of anilines is 3. The van der Waals surface area contributed by atoms with E-state index < -0.39 is 0 Å². The number of rotatable bonds is 2. The molecule has 0 saturated carbocycles. The minimum absolute atomic E-state index is 0.455. The number of pyridine rings is 1. The van der Waals surface area contributed by atoms with Gasteiger partial charge >= 0.3 is 0 Å². The third-order valence-corrected chi connectivity index (χ3v) is 2.08. The number of para-hydroxylation sites is 1. The Hall–Kier alpha value is -2.54. The van der Waals surface area contributed by atoms with E-state index in [1.807, 2.05) is 36.4 Å². The summed E-state index contributed by atoms with van der Waals surface area (Å²) >= 11 is 0. The summed E-state index contributed by atoms with van der Waals surface area (Å²) < 4.78 is 0. The predicted molar refractivity (Wildman–Crippen MR) is 63.1 cm³/mol. The second kappa shape index (κ2) is 4.32. The van der Waals surface area contributed by atoms with Crippen molar-refractivity contribution in [1.29, 1.82) is 5.26 Å². The molecule has 1 aromatic heterocycles. The quantitative estimate of drug-likeness (QED) is 0.797. The molecule has 0 aliphatic rings. The highest BCUT2D eigenvalue weighted by Crippen LogP contribution is 2.20. The van der Waals surface area contributed by atoms with Crippen LogP contribution in [0.25, 0.3) is 0 Å². The van der Waals surface area contributed by atoms with Crippen LogP contribution in [0, 0.1) is 11.3 Å². The molecule has 3 N–H and O–H groups in total. The number of nitrogens with zero attached hydrogens (tertiary/aromatic N) is 2. The molecule has 0 atom stereocenters. The summed E-state index contributed by atoms with van der Waals surface area (Å²) in [6, 6.07) is 13.2. The molecule has 2 rings (SSSR count). The molecule has 0 bridgehead atoms. The van der Waals surface area contributed by atoms with E-state index in [1.165, 1.54) is 6.20 Å². The highest BCUT2D eigenvalue weighted by molar-refractivity contribution is 5.69. The number of nitrogen functional groups attached to an aromatic ring is 1. The monoisotopic (exact) mass is 210 g/mol. The Kier molecular flexibility index (Phi) is 2.70. The largest absolute Gasteiger partial charge is 0.396 e. The molecule has 4 nitrogen and oxygen atoms in total. The first kappa shape index (κ1) is 9.99. The van der Waals surface area contributed by atoms with Crippen molar-refractivity contribution >= 4 is 17.2 Å². The summed E-state index contributed by atoms with van der Waals surface area (Å²) in [5.74, 6) is 0.560. The van der Waals surface area contributed by atoms with Crippen molar-refractivity contribution in [2.45, 2.75) is 0 Å². The zero-order valence-corrected chi connectivity index (χ0v) is 8.51. The lowest BCUT2D eigenvalue weighted by atomic mass is 10.2. The van der Waals surface area contributed by atoms with Crippen LogP contribution in [0.15, 0.2) is 42.6 Å². The van der Waals surface area contributed by atoms with Gasteiger partial charge in [-0.2, -0.15) is 5.26 Å². The first-order valence-corrected chi connectivity index (χ1v) is 4.77. The van der Waals surface area contributed by atoms with Gasteiger partial charge in [-0.1, -0.05) is 18.2 Å². The normalized spacial score (nSPS) is 9.44. The van der Waals surface area contributed by atoms with E-state index in [1.54, 1.807) is 6.07 Å². The summed E-state index contributed by atoms with van der Waals surface area (Å²) in [5.41, 5.74) is 7.59. The number of nitrogens with two attached hydrogens (primary N) is 1. The lowest BCUT2D eigenvalue weighted by molar-refractivity contribution is 1.29. The van der Waals surface area contributed by atoms with Crippen molar-refractivity contribution in [1.82, 2.24) is 4.98 Å². The van der Waals surface area contributed by atoms with Gasteiger partial charge in [0.2, 0.25) is 0 Å². The highest BCUT2D eigenvalue weighted by Gasteiger charge is 2.02. The summed E-state index contributed by atoms with van der Waals surface area (Å²) in [6.07, 6.45) is 1.49. The first-order chi connectivity index (χ1) is 7.79. The van der Waals surface area contributed by atoms with Crippen molar-refractivity contribution in [2.24, 2.45) is 0 Å². The SMILES string of the molecule is N#Cc1cnc(Nc2ccccc2)c(N)c1. The van der Waals surface area contributed by atoms with Gasteiger partial charge in [0.1, 0.15) is 6.07 Å². The van der Waals surface area contributed by atoms with Gasteiger partial charge in [0.15, 0.2) is 5.82 Å². The van der Waals surface area contributed by atoms with Gasteiger partial charge in [-0.15, -0.1) is 0 Å².